The smallest absolute Gasteiger partial charge is 0.0622 e. The minimum atomic E-state index is 0.414. The molecule has 0 aliphatic rings. The lowest BCUT2D eigenvalue weighted by molar-refractivity contribution is 0.567. The molecule has 0 bridgehead atoms. The van der Waals surface area contributed by atoms with Crippen LogP contribution in [0.4, 0.5) is 0 Å². The second kappa shape index (κ2) is 7.08. The summed E-state index contributed by atoms with van der Waals surface area (Å²) in [5.74, 6) is 0. The highest BCUT2D eigenvalue weighted by molar-refractivity contribution is 5.14. The molecule has 0 saturated carbocycles. The topological polar surface area (TPSA) is 40.8 Å². The van der Waals surface area contributed by atoms with E-state index in [1.54, 1.807) is 0 Å². The SMILES string of the molecule is CCCNC(C)c1ccn(CCCC#N)c1. The largest absolute Gasteiger partial charge is 0.354 e. The van der Waals surface area contributed by atoms with E-state index in [0.717, 1.165) is 25.9 Å². The molecule has 0 aliphatic carbocycles. The third-order valence-electron chi connectivity index (χ3n) is 2.68. The van der Waals surface area contributed by atoms with Crippen LogP contribution >= 0.6 is 0 Å². The maximum absolute atomic E-state index is 8.47. The zero-order valence-corrected chi connectivity index (χ0v) is 10.2. The number of nitriles is 1. The van der Waals surface area contributed by atoms with E-state index in [1.807, 2.05) is 0 Å². The molecule has 1 rings (SSSR count). The standard InChI is InChI=1S/C13H21N3/c1-3-8-15-12(2)13-6-10-16(11-13)9-5-4-7-14/h6,10-12,15H,3-5,8-9H2,1-2H3. The van der Waals surface area contributed by atoms with Crippen LogP contribution in [-0.2, 0) is 6.54 Å². The first-order chi connectivity index (χ1) is 7.77. The van der Waals surface area contributed by atoms with Crippen LogP contribution < -0.4 is 5.32 Å². The lowest BCUT2D eigenvalue weighted by Crippen LogP contribution is -2.18. The van der Waals surface area contributed by atoms with Crippen LogP contribution in [0.5, 0.6) is 0 Å². The van der Waals surface area contributed by atoms with Gasteiger partial charge in [0.2, 0.25) is 0 Å². The molecular weight excluding hydrogens is 198 g/mol. The van der Waals surface area contributed by atoms with E-state index in [1.165, 1.54) is 5.56 Å². The van der Waals surface area contributed by atoms with Gasteiger partial charge in [0.15, 0.2) is 0 Å². The summed E-state index contributed by atoms with van der Waals surface area (Å²) in [5.41, 5.74) is 1.32. The predicted molar refractivity (Wildman–Crippen MR) is 66.0 cm³/mol. The molecule has 0 aliphatic heterocycles. The molecule has 0 saturated heterocycles. The summed E-state index contributed by atoms with van der Waals surface area (Å²) in [6.07, 6.45) is 6.99. The monoisotopic (exact) mass is 219 g/mol. The Kier molecular flexibility index (Phi) is 5.66. The lowest BCUT2D eigenvalue weighted by atomic mass is 10.2. The molecule has 0 spiro atoms. The van der Waals surface area contributed by atoms with E-state index >= 15 is 0 Å². The average Bonchev–Trinajstić information content (AvgIpc) is 2.75. The third kappa shape index (κ3) is 4.08. The Bertz CT molecular complexity index is 335. The third-order valence-corrected chi connectivity index (χ3v) is 2.68. The van der Waals surface area contributed by atoms with Gasteiger partial charge < -0.3 is 9.88 Å². The van der Waals surface area contributed by atoms with Gasteiger partial charge >= 0.3 is 0 Å². The maximum Gasteiger partial charge on any atom is 0.0622 e. The van der Waals surface area contributed by atoms with Crippen molar-refractivity contribution in [2.24, 2.45) is 0 Å². The molecular formula is C13H21N3. The van der Waals surface area contributed by atoms with Crippen molar-refractivity contribution in [2.75, 3.05) is 6.54 Å². The Morgan fingerprint density at radius 3 is 3.06 bits per heavy atom. The zero-order valence-electron chi connectivity index (χ0n) is 10.2. The summed E-state index contributed by atoms with van der Waals surface area (Å²) in [6.45, 7) is 6.35. The van der Waals surface area contributed by atoms with Crippen LogP contribution in [0.2, 0.25) is 0 Å². The van der Waals surface area contributed by atoms with E-state index in [9.17, 15) is 0 Å². The van der Waals surface area contributed by atoms with Crippen molar-refractivity contribution in [3.63, 3.8) is 0 Å². The van der Waals surface area contributed by atoms with Gasteiger partial charge in [-0.2, -0.15) is 5.26 Å². The molecule has 0 radical (unpaired) electrons. The number of aromatic nitrogens is 1. The fraction of sp³-hybridized carbons (Fsp3) is 0.615. The second-order valence-electron chi connectivity index (χ2n) is 4.12. The highest BCUT2D eigenvalue weighted by Gasteiger charge is 2.05. The van der Waals surface area contributed by atoms with Gasteiger partial charge in [0, 0.05) is 31.4 Å². The molecule has 1 heterocycles. The molecule has 1 atom stereocenters. The van der Waals surface area contributed by atoms with Crippen molar-refractivity contribution in [3.8, 4) is 6.07 Å². The molecule has 0 aromatic carbocycles. The number of rotatable bonds is 7. The minimum absolute atomic E-state index is 0.414. The van der Waals surface area contributed by atoms with Gasteiger partial charge in [-0.05, 0) is 37.9 Å². The summed E-state index contributed by atoms with van der Waals surface area (Å²) in [5, 5.41) is 11.9. The van der Waals surface area contributed by atoms with Gasteiger partial charge in [-0.15, -0.1) is 0 Å². The number of unbranched alkanes of at least 4 members (excludes halogenated alkanes) is 1. The molecule has 0 fully saturated rings. The fourth-order valence-electron chi connectivity index (χ4n) is 1.67. The van der Waals surface area contributed by atoms with E-state index in [-0.39, 0.29) is 0 Å². The number of aryl methyl sites for hydroxylation is 1. The summed E-state index contributed by atoms with van der Waals surface area (Å²) in [6, 6.07) is 4.74. The second-order valence-corrected chi connectivity index (χ2v) is 4.12. The lowest BCUT2D eigenvalue weighted by Gasteiger charge is -2.11. The van der Waals surface area contributed by atoms with Crippen LogP contribution in [0.15, 0.2) is 18.5 Å². The number of hydrogen-bond donors (Lipinski definition) is 1. The minimum Gasteiger partial charge on any atom is -0.354 e. The van der Waals surface area contributed by atoms with Crippen LogP contribution in [0, 0.1) is 11.3 Å². The first-order valence-electron chi connectivity index (χ1n) is 6.04. The zero-order chi connectivity index (χ0) is 11.8. The summed E-state index contributed by atoms with van der Waals surface area (Å²) in [4.78, 5) is 0. The highest BCUT2D eigenvalue weighted by Crippen LogP contribution is 2.13. The first-order valence-corrected chi connectivity index (χ1v) is 6.04. The van der Waals surface area contributed by atoms with Crippen LogP contribution in [0.25, 0.3) is 0 Å². The van der Waals surface area contributed by atoms with Crippen molar-refractivity contribution >= 4 is 0 Å². The molecule has 1 unspecified atom stereocenters. The molecule has 1 aromatic heterocycles. The molecule has 3 nitrogen and oxygen atoms in total. The summed E-state index contributed by atoms with van der Waals surface area (Å²) < 4.78 is 2.16. The Hall–Kier alpha value is -1.27. The molecule has 88 valence electrons. The highest BCUT2D eigenvalue weighted by atomic mass is 15.0. The predicted octanol–water partition coefficient (Wildman–Crippen LogP) is 2.85. The van der Waals surface area contributed by atoms with E-state index in [4.69, 9.17) is 5.26 Å². The van der Waals surface area contributed by atoms with Crippen molar-refractivity contribution in [1.82, 2.24) is 9.88 Å². The van der Waals surface area contributed by atoms with Gasteiger partial charge in [0.25, 0.3) is 0 Å². The van der Waals surface area contributed by atoms with Gasteiger partial charge in [-0.25, -0.2) is 0 Å². The van der Waals surface area contributed by atoms with Gasteiger partial charge in [-0.1, -0.05) is 6.92 Å². The van der Waals surface area contributed by atoms with Crippen LogP contribution in [-0.4, -0.2) is 11.1 Å². The first kappa shape index (κ1) is 12.8. The Morgan fingerprint density at radius 1 is 1.56 bits per heavy atom. The Morgan fingerprint density at radius 2 is 2.38 bits per heavy atom. The van der Waals surface area contributed by atoms with Crippen LogP contribution in [0.3, 0.4) is 0 Å². The van der Waals surface area contributed by atoms with Gasteiger partial charge in [0.1, 0.15) is 0 Å². The number of nitrogens with zero attached hydrogens (tertiary/aromatic N) is 2. The maximum atomic E-state index is 8.47. The van der Waals surface area contributed by atoms with E-state index < -0.39 is 0 Å². The Balaban J connectivity index is 2.41. The van der Waals surface area contributed by atoms with E-state index in [0.29, 0.717) is 12.5 Å². The molecule has 1 aromatic rings. The fourth-order valence-corrected chi connectivity index (χ4v) is 1.67. The van der Waals surface area contributed by atoms with Crippen molar-refractivity contribution in [2.45, 2.75) is 45.7 Å². The van der Waals surface area contributed by atoms with Crippen molar-refractivity contribution in [1.29, 1.82) is 5.26 Å². The number of nitrogens with one attached hydrogen (secondary N) is 1. The van der Waals surface area contributed by atoms with Crippen LogP contribution in [0.1, 0.15) is 44.7 Å². The van der Waals surface area contributed by atoms with Crippen molar-refractivity contribution in [3.05, 3.63) is 24.0 Å². The van der Waals surface area contributed by atoms with Gasteiger partial charge in [-0.3, -0.25) is 0 Å². The summed E-state index contributed by atoms with van der Waals surface area (Å²) in [7, 11) is 0. The average molecular weight is 219 g/mol. The molecule has 1 N–H and O–H groups in total. The quantitative estimate of drug-likeness (QED) is 0.716. The molecule has 16 heavy (non-hydrogen) atoms. The number of hydrogen-bond acceptors (Lipinski definition) is 2. The Labute approximate surface area is 98.1 Å². The molecule has 3 heteroatoms. The normalized spacial score (nSPS) is 12.3. The summed E-state index contributed by atoms with van der Waals surface area (Å²) >= 11 is 0. The van der Waals surface area contributed by atoms with Crippen molar-refractivity contribution < 1.29 is 0 Å². The van der Waals surface area contributed by atoms with Gasteiger partial charge in [0.05, 0.1) is 6.07 Å². The molecule has 0 amide bonds. The van der Waals surface area contributed by atoms with E-state index in [2.05, 4.69) is 48.3 Å².